The van der Waals surface area contributed by atoms with Gasteiger partial charge in [0.25, 0.3) is 5.22 Å². The Balaban J connectivity index is 1.98. The molecule has 0 aliphatic carbocycles. The molecule has 98 valence electrons. The standard InChI is InChI=1S/C11H11N5O2S/c1-2-16-9(17)14-15-10(16)19-11-13-7-4-3-6(12)5-8(7)18-11/h3-5H,2,12H2,1H3,(H,14,17). The van der Waals surface area contributed by atoms with E-state index >= 15 is 0 Å². The molecule has 7 nitrogen and oxygen atoms in total. The molecule has 2 heterocycles. The van der Waals surface area contributed by atoms with Crippen LogP contribution in [0.4, 0.5) is 5.69 Å². The molecule has 0 aliphatic rings. The van der Waals surface area contributed by atoms with E-state index in [1.165, 1.54) is 16.3 Å². The second kappa shape index (κ2) is 4.47. The van der Waals surface area contributed by atoms with E-state index < -0.39 is 0 Å². The molecule has 0 amide bonds. The summed E-state index contributed by atoms with van der Waals surface area (Å²) in [5, 5.41) is 7.28. The minimum Gasteiger partial charge on any atom is -0.431 e. The summed E-state index contributed by atoms with van der Waals surface area (Å²) < 4.78 is 7.07. The van der Waals surface area contributed by atoms with Crippen LogP contribution in [-0.2, 0) is 6.54 Å². The van der Waals surface area contributed by atoms with Crippen LogP contribution in [0.25, 0.3) is 11.1 Å². The lowest BCUT2D eigenvalue weighted by molar-refractivity contribution is 0.487. The minimum atomic E-state index is -0.245. The topological polar surface area (TPSA) is 103 Å². The summed E-state index contributed by atoms with van der Waals surface area (Å²) in [7, 11) is 0. The first-order chi connectivity index (χ1) is 9.17. The first kappa shape index (κ1) is 11.8. The van der Waals surface area contributed by atoms with E-state index in [2.05, 4.69) is 15.2 Å². The molecule has 8 heteroatoms. The molecule has 0 atom stereocenters. The summed E-state index contributed by atoms with van der Waals surface area (Å²) in [5.74, 6) is 0. The van der Waals surface area contributed by atoms with Crippen LogP contribution in [0.15, 0.2) is 37.8 Å². The molecule has 0 radical (unpaired) electrons. The third-order valence-electron chi connectivity index (χ3n) is 2.61. The van der Waals surface area contributed by atoms with Crippen LogP contribution in [0.1, 0.15) is 6.92 Å². The van der Waals surface area contributed by atoms with Crippen molar-refractivity contribution in [2.45, 2.75) is 23.8 Å². The Morgan fingerprint density at radius 1 is 1.53 bits per heavy atom. The third-order valence-corrected chi connectivity index (χ3v) is 3.45. The lowest BCUT2D eigenvalue weighted by Gasteiger charge is -1.97. The van der Waals surface area contributed by atoms with Crippen LogP contribution in [0.5, 0.6) is 0 Å². The Bertz CT molecular complexity index is 788. The molecule has 0 spiro atoms. The van der Waals surface area contributed by atoms with Gasteiger partial charge in [0.05, 0.1) is 0 Å². The maximum absolute atomic E-state index is 11.4. The van der Waals surface area contributed by atoms with Gasteiger partial charge >= 0.3 is 5.69 Å². The number of nitrogens with zero attached hydrogens (tertiary/aromatic N) is 3. The lowest BCUT2D eigenvalue weighted by atomic mass is 10.3. The molecule has 0 saturated heterocycles. The Hall–Kier alpha value is -2.22. The fraction of sp³-hybridized carbons (Fsp3) is 0.182. The Kier molecular flexibility index (Phi) is 2.79. The number of benzene rings is 1. The number of rotatable bonds is 3. The summed E-state index contributed by atoms with van der Waals surface area (Å²) >= 11 is 1.19. The van der Waals surface area contributed by atoms with Crippen molar-refractivity contribution in [3.63, 3.8) is 0 Å². The van der Waals surface area contributed by atoms with Gasteiger partial charge in [-0.3, -0.25) is 4.57 Å². The highest BCUT2D eigenvalue weighted by molar-refractivity contribution is 7.99. The average molecular weight is 277 g/mol. The minimum absolute atomic E-state index is 0.245. The van der Waals surface area contributed by atoms with Crippen LogP contribution in [0, 0.1) is 0 Å². The van der Waals surface area contributed by atoms with E-state index in [-0.39, 0.29) is 5.69 Å². The number of aromatic nitrogens is 4. The Morgan fingerprint density at radius 3 is 3.16 bits per heavy atom. The Morgan fingerprint density at radius 2 is 2.37 bits per heavy atom. The van der Waals surface area contributed by atoms with Crippen molar-refractivity contribution in [2.75, 3.05) is 5.73 Å². The SMILES string of the molecule is CCn1c(Sc2nc3ccc(N)cc3o2)n[nH]c1=O. The quantitative estimate of drug-likeness (QED) is 0.703. The molecular weight excluding hydrogens is 266 g/mol. The van der Waals surface area contributed by atoms with Crippen molar-refractivity contribution in [1.29, 1.82) is 0 Å². The number of fused-ring (bicyclic) bond motifs is 1. The van der Waals surface area contributed by atoms with Crippen molar-refractivity contribution >= 4 is 28.5 Å². The van der Waals surface area contributed by atoms with Crippen molar-refractivity contribution in [2.24, 2.45) is 0 Å². The highest BCUT2D eigenvalue weighted by Crippen LogP contribution is 2.28. The largest absolute Gasteiger partial charge is 0.431 e. The third kappa shape index (κ3) is 2.10. The molecule has 3 rings (SSSR count). The fourth-order valence-electron chi connectivity index (χ4n) is 1.70. The van der Waals surface area contributed by atoms with E-state index in [1.54, 1.807) is 18.2 Å². The molecule has 0 bridgehead atoms. The summed E-state index contributed by atoms with van der Waals surface area (Å²) in [5.41, 5.74) is 7.38. The van der Waals surface area contributed by atoms with Gasteiger partial charge in [0.1, 0.15) is 5.52 Å². The van der Waals surface area contributed by atoms with Gasteiger partial charge in [-0.25, -0.2) is 14.9 Å². The number of oxazole rings is 1. The highest BCUT2D eigenvalue weighted by atomic mass is 32.2. The van der Waals surface area contributed by atoms with Gasteiger partial charge in [-0.15, -0.1) is 5.10 Å². The van der Waals surface area contributed by atoms with Crippen molar-refractivity contribution in [3.8, 4) is 0 Å². The van der Waals surface area contributed by atoms with Crippen molar-refractivity contribution in [1.82, 2.24) is 19.7 Å². The fourth-order valence-corrected chi connectivity index (χ4v) is 2.55. The number of aromatic amines is 1. The molecule has 0 fully saturated rings. The Labute approximate surface area is 111 Å². The van der Waals surface area contributed by atoms with E-state index in [0.717, 1.165) is 5.52 Å². The molecule has 2 aromatic heterocycles. The van der Waals surface area contributed by atoms with E-state index in [0.29, 0.717) is 28.2 Å². The zero-order chi connectivity index (χ0) is 13.4. The summed E-state index contributed by atoms with van der Waals surface area (Å²) in [4.78, 5) is 15.7. The van der Waals surface area contributed by atoms with Gasteiger partial charge in [0, 0.05) is 30.1 Å². The molecule has 1 aromatic carbocycles. The summed E-state index contributed by atoms with van der Waals surface area (Å²) in [6.45, 7) is 2.40. The second-order valence-electron chi connectivity index (χ2n) is 3.86. The number of H-pyrrole nitrogens is 1. The number of anilines is 1. The van der Waals surface area contributed by atoms with Crippen LogP contribution in [0.3, 0.4) is 0 Å². The van der Waals surface area contributed by atoms with Gasteiger partial charge in [-0.1, -0.05) is 0 Å². The average Bonchev–Trinajstić information content (AvgIpc) is 2.92. The summed E-state index contributed by atoms with van der Waals surface area (Å²) in [6.07, 6.45) is 0. The molecule has 0 saturated carbocycles. The first-order valence-electron chi connectivity index (χ1n) is 5.66. The van der Waals surface area contributed by atoms with Gasteiger partial charge in [0.15, 0.2) is 5.58 Å². The number of hydrogen-bond acceptors (Lipinski definition) is 6. The predicted molar refractivity (Wildman–Crippen MR) is 71.1 cm³/mol. The molecule has 3 aromatic rings. The number of nitrogens with two attached hydrogens (primary N) is 1. The number of nitrogens with one attached hydrogen (secondary N) is 1. The molecular formula is C11H11N5O2S. The van der Waals surface area contributed by atoms with E-state index in [1.807, 2.05) is 6.92 Å². The second-order valence-corrected chi connectivity index (χ2v) is 4.78. The molecule has 3 N–H and O–H groups in total. The van der Waals surface area contributed by atoms with Crippen LogP contribution < -0.4 is 11.4 Å². The van der Waals surface area contributed by atoms with Crippen molar-refractivity contribution in [3.05, 3.63) is 28.7 Å². The molecule has 0 aliphatic heterocycles. The zero-order valence-corrected chi connectivity index (χ0v) is 10.9. The van der Waals surface area contributed by atoms with Crippen LogP contribution in [-0.4, -0.2) is 19.7 Å². The van der Waals surface area contributed by atoms with Gasteiger partial charge in [0.2, 0.25) is 5.16 Å². The normalized spacial score (nSPS) is 11.2. The predicted octanol–water partition coefficient (Wildman–Crippen LogP) is 1.47. The van der Waals surface area contributed by atoms with Gasteiger partial charge in [-0.05, 0) is 19.1 Å². The number of nitrogen functional groups attached to an aromatic ring is 1. The van der Waals surface area contributed by atoms with E-state index in [4.69, 9.17) is 10.2 Å². The zero-order valence-electron chi connectivity index (χ0n) is 10.1. The monoisotopic (exact) mass is 277 g/mol. The maximum Gasteiger partial charge on any atom is 0.343 e. The lowest BCUT2D eigenvalue weighted by Crippen LogP contribution is -2.15. The number of hydrogen-bond donors (Lipinski definition) is 2. The van der Waals surface area contributed by atoms with Crippen LogP contribution >= 0.6 is 11.8 Å². The smallest absolute Gasteiger partial charge is 0.343 e. The van der Waals surface area contributed by atoms with Crippen LogP contribution in [0.2, 0.25) is 0 Å². The summed E-state index contributed by atoms with van der Waals surface area (Å²) in [6, 6.07) is 5.26. The first-order valence-corrected chi connectivity index (χ1v) is 6.48. The van der Waals surface area contributed by atoms with Crippen molar-refractivity contribution < 1.29 is 4.42 Å². The maximum atomic E-state index is 11.4. The van der Waals surface area contributed by atoms with E-state index in [9.17, 15) is 4.79 Å². The van der Waals surface area contributed by atoms with Gasteiger partial charge in [-0.2, -0.15) is 0 Å². The highest BCUT2D eigenvalue weighted by Gasteiger charge is 2.13. The molecule has 19 heavy (non-hydrogen) atoms. The van der Waals surface area contributed by atoms with Gasteiger partial charge < -0.3 is 10.2 Å². The molecule has 0 unspecified atom stereocenters.